The zero-order chi connectivity index (χ0) is 18.3. The Morgan fingerprint density at radius 3 is 2.67 bits per heavy atom. The summed E-state index contributed by atoms with van der Waals surface area (Å²) in [6, 6.07) is 3.98. The highest BCUT2D eigenvalue weighted by Gasteiger charge is 2.13. The van der Waals surface area contributed by atoms with Crippen LogP contribution < -0.4 is 5.32 Å². The lowest BCUT2D eigenvalue weighted by Gasteiger charge is -2.12. The maximum absolute atomic E-state index is 12.1. The van der Waals surface area contributed by atoms with E-state index in [1.165, 1.54) is 0 Å². The van der Waals surface area contributed by atoms with Gasteiger partial charge in [-0.25, -0.2) is 0 Å². The molecule has 0 radical (unpaired) electrons. The van der Waals surface area contributed by atoms with Crippen molar-refractivity contribution in [3.05, 3.63) is 28.6 Å². The van der Waals surface area contributed by atoms with Gasteiger partial charge in [-0.1, -0.05) is 20.8 Å². The van der Waals surface area contributed by atoms with E-state index < -0.39 is 12.0 Å². The predicted octanol–water partition coefficient (Wildman–Crippen LogP) is 2.95. The molecule has 1 amide bonds. The van der Waals surface area contributed by atoms with E-state index in [0.717, 1.165) is 23.5 Å². The van der Waals surface area contributed by atoms with Crippen molar-refractivity contribution in [3.63, 3.8) is 0 Å². The van der Waals surface area contributed by atoms with Crippen molar-refractivity contribution in [3.8, 4) is 6.07 Å². The first kappa shape index (κ1) is 20.0. The molecule has 1 atom stereocenters. The second kappa shape index (κ2) is 9.29. The van der Waals surface area contributed by atoms with Crippen LogP contribution in [-0.2, 0) is 11.3 Å². The van der Waals surface area contributed by atoms with Gasteiger partial charge in [-0.3, -0.25) is 4.79 Å². The van der Waals surface area contributed by atoms with Gasteiger partial charge in [-0.2, -0.15) is 5.26 Å². The third kappa shape index (κ3) is 5.54. The van der Waals surface area contributed by atoms with E-state index in [-0.39, 0.29) is 5.57 Å². The summed E-state index contributed by atoms with van der Waals surface area (Å²) in [6.45, 7) is 11.5. The highest BCUT2D eigenvalue weighted by Crippen LogP contribution is 2.19. The molecule has 1 aromatic rings. The van der Waals surface area contributed by atoms with Crippen LogP contribution in [0.4, 0.5) is 0 Å². The average Bonchev–Trinajstić information content (AvgIpc) is 2.79. The molecule has 0 saturated heterocycles. The van der Waals surface area contributed by atoms with Crippen molar-refractivity contribution in [1.29, 1.82) is 5.26 Å². The number of carbonyl (C=O) groups excluding carboxylic acids is 1. The van der Waals surface area contributed by atoms with Gasteiger partial charge in [-0.05, 0) is 50.3 Å². The average molecular weight is 331 g/mol. The summed E-state index contributed by atoms with van der Waals surface area (Å²) in [5.41, 5.74) is 3.17. The molecule has 24 heavy (non-hydrogen) atoms. The zero-order valence-electron chi connectivity index (χ0n) is 15.4. The van der Waals surface area contributed by atoms with E-state index in [0.29, 0.717) is 25.3 Å². The number of nitrogens with zero attached hydrogens (tertiary/aromatic N) is 2. The Labute approximate surface area is 145 Å². The number of nitriles is 1. The Bertz CT molecular complexity index is 636. The molecule has 1 aromatic heterocycles. The Morgan fingerprint density at radius 1 is 1.46 bits per heavy atom. The van der Waals surface area contributed by atoms with Gasteiger partial charge < -0.3 is 15.0 Å². The summed E-state index contributed by atoms with van der Waals surface area (Å²) in [4.78, 5) is 12.1. The molecule has 1 unspecified atom stereocenters. The molecule has 1 rings (SSSR count). The summed E-state index contributed by atoms with van der Waals surface area (Å²) < 4.78 is 2.21. The minimum atomic E-state index is -0.422. The van der Waals surface area contributed by atoms with Gasteiger partial charge in [0.1, 0.15) is 11.6 Å². The second-order valence-electron chi connectivity index (χ2n) is 6.61. The summed E-state index contributed by atoms with van der Waals surface area (Å²) in [6.07, 6.45) is 2.36. The minimum absolute atomic E-state index is 0.0887. The van der Waals surface area contributed by atoms with E-state index in [1.807, 2.05) is 32.9 Å². The lowest BCUT2D eigenvalue weighted by Crippen LogP contribution is -2.27. The number of rotatable bonds is 8. The van der Waals surface area contributed by atoms with Crippen molar-refractivity contribution >= 4 is 12.0 Å². The Kier molecular flexibility index (Phi) is 7.73. The van der Waals surface area contributed by atoms with Gasteiger partial charge in [0.2, 0.25) is 0 Å². The molecule has 0 spiro atoms. The highest BCUT2D eigenvalue weighted by molar-refractivity contribution is 6.01. The number of amides is 1. The molecule has 0 aliphatic heterocycles. The first-order valence-corrected chi connectivity index (χ1v) is 8.54. The Hall–Kier alpha value is -2.06. The maximum atomic E-state index is 12.1. The number of aromatic nitrogens is 1. The molecule has 5 nitrogen and oxygen atoms in total. The molecular weight excluding hydrogens is 302 g/mol. The quantitative estimate of drug-likeness (QED) is 0.568. The number of hydrogen-bond donors (Lipinski definition) is 2. The lowest BCUT2D eigenvalue weighted by molar-refractivity contribution is -0.117. The van der Waals surface area contributed by atoms with E-state index in [1.54, 1.807) is 6.08 Å². The fourth-order valence-corrected chi connectivity index (χ4v) is 2.58. The van der Waals surface area contributed by atoms with Crippen LogP contribution in [0.15, 0.2) is 11.6 Å². The SMILES string of the molecule is CCC(O)CCNC(=O)/C(C#N)=C/c1cc(C)n(CC(C)C)c1C. The van der Waals surface area contributed by atoms with Crippen LogP contribution in [0.3, 0.4) is 0 Å². The van der Waals surface area contributed by atoms with E-state index in [4.69, 9.17) is 0 Å². The minimum Gasteiger partial charge on any atom is -0.393 e. The number of aliphatic hydroxyl groups is 1. The van der Waals surface area contributed by atoms with Gasteiger partial charge in [0, 0.05) is 24.5 Å². The number of carbonyl (C=O) groups is 1. The van der Waals surface area contributed by atoms with Gasteiger partial charge in [0.15, 0.2) is 0 Å². The van der Waals surface area contributed by atoms with Crippen LogP contribution in [0.5, 0.6) is 0 Å². The molecule has 5 heteroatoms. The largest absolute Gasteiger partial charge is 0.393 e. The molecule has 0 bridgehead atoms. The van der Waals surface area contributed by atoms with Crippen molar-refractivity contribution in [1.82, 2.24) is 9.88 Å². The topological polar surface area (TPSA) is 78.1 Å². The number of nitrogens with one attached hydrogen (secondary N) is 1. The van der Waals surface area contributed by atoms with Crippen LogP contribution >= 0.6 is 0 Å². The Morgan fingerprint density at radius 2 is 2.12 bits per heavy atom. The highest BCUT2D eigenvalue weighted by atomic mass is 16.3. The standard InChI is InChI=1S/C19H29N3O2/c1-6-18(23)7-8-21-19(24)17(11-20)10-16-9-14(4)22(15(16)5)12-13(2)3/h9-10,13,18,23H,6-8,12H2,1-5H3,(H,21,24)/b17-10+. The van der Waals surface area contributed by atoms with Gasteiger partial charge in [0.25, 0.3) is 5.91 Å². The summed E-state index contributed by atoms with van der Waals surface area (Å²) >= 11 is 0. The second-order valence-corrected chi connectivity index (χ2v) is 6.61. The molecule has 0 saturated carbocycles. The van der Waals surface area contributed by atoms with Crippen molar-refractivity contribution in [2.75, 3.05) is 6.54 Å². The summed E-state index contributed by atoms with van der Waals surface area (Å²) in [5, 5.41) is 21.5. The molecule has 1 heterocycles. The first-order chi connectivity index (χ1) is 11.3. The Balaban J connectivity index is 2.89. The van der Waals surface area contributed by atoms with Crippen molar-refractivity contribution in [2.24, 2.45) is 5.92 Å². The van der Waals surface area contributed by atoms with Crippen LogP contribution in [0.2, 0.25) is 0 Å². The van der Waals surface area contributed by atoms with E-state index in [2.05, 4.69) is 23.7 Å². The third-order valence-electron chi connectivity index (χ3n) is 4.06. The van der Waals surface area contributed by atoms with Crippen LogP contribution in [0, 0.1) is 31.1 Å². The number of aryl methyl sites for hydroxylation is 1. The smallest absolute Gasteiger partial charge is 0.261 e. The fourth-order valence-electron chi connectivity index (χ4n) is 2.58. The zero-order valence-corrected chi connectivity index (χ0v) is 15.4. The van der Waals surface area contributed by atoms with Crippen molar-refractivity contribution < 1.29 is 9.90 Å². The number of aliphatic hydroxyl groups excluding tert-OH is 1. The lowest BCUT2D eigenvalue weighted by atomic mass is 10.1. The predicted molar refractivity (Wildman–Crippen MR) is 96.3 cm³/mol. The third-order valence-corrected chi connectivity index (χ3v) is 4.06. The van der Waals surface area contributed by atoms with Crippen LogP contribution in [0.25, 0.3) is 6.08 Å². The molecule has 0 fully saturated rings. The molecule has 0 aliphatic carbocycles. The monoisotopic (exact) mass is 331 g/mol. The molecule has 0 aliphatic rings. The van der Waals surface area contributed by atoms with E-state index in [9.17, 15) is 15.2 Å². The molecule has 2 N–H and O–H groups in total. The summed E-state index contributed by atoms with van der Waals surface area (Å²) in [5.74, 6) is 0.129. The van der Waals surface area contributed by atoms with Crippen LogP contribution in [0.1, 0.15) is 50.6 Å². The molecular formula is C19H29N3O2. The first-order valence-electron chi connectivity index (χ1n) is 8.54. The van der Waals surface area contributed by atoms with Gasteiger partial charge in [0.05, 0.1) is 6.10 Å². The summed E-state index contributed by atoms with van der Waals surface area (Å²) in [7, 11) is 0. The number of hydrogen-bond acceptors (Lipinski definition) is 3. The van der Waals surface area contributed by atoms with Gasteiger partial charge in [-0.15, -0.1) is 0 Å². The molecule has 0 aromatic carbocycles. The van der Waals surface area contributed by atoms with E-state index >= 15 is 0 Å². The van der Waals surface area contributed by atoms with Crippen molar-refractivity contribution in [2.45, 2.75) is 60.1 Å². The van der Waals surface area contributed by atoms with Crippen LogP contribution in [-0.4, -0.2) is 28.2 Å². The maximum Gasteiger partial charge on any atom is 0.261 e. The normalized spacial score (nSPS) is 13.0. The fraction of sp³-hybridized carbons (Fsp3) is 0.579. The molecule has 132 valence electrons. The van der Waals surface area contributed by atoms with Gasteiger partial charge >= 0.3 is 0 Å².